The van der Waals surface area contributed by atoms with Gasteiger partial charge in [0, 0.05) is 0 Å². The first kappa shape index (κ1) is 18.4. The highest BCUT2D eigenvalue weighted by Gasteiger charge is 2.33. The number of carboxylic acids is 1. The van der Waals surface area contributed by atoms with Crippen LogP contribution in [-0.4, -0.2) is 41.3 Å². The monoisotopic (exact) mass is 355 g/mol. The van der Waals surface area contributed by atoms with Crippen LogP contribution < -0.4 is 4.74 Å². The van der Waals surface area contributed by atoms with Crippen molar-refractivity contribution in [3.63, 3.8) is 0 Å². The van der Waals surface area contributed by atoms with Gasteiger partial charge in [-0.15, -0.1) is 0 Å². The molecule has 0 amide bonds. The van der Waals surface area contributed by atoms with Gasteiger partial charge in [-0.25, -0.2) is 0 Å². The van der Waals surface area contributed by atoms with Crippen molar-refractivity contribution < 1.29 is 19.7 Å². The summed E-state index contributed by atoms with van der Waals surface area (Å²) in [5, 5.41) is 20.4. The number of aliphatic carboxylic acids is 1. The highest BCUT2D eigenvalue weighted by molar-refractivity contribution is 5.75. The molecule has 2 N–H and O–H groups in total. The second-order valence-corrected chi connectivity index (χ2v) is 6.75. The average molecular weight is 355 g/mol. The minimum absolute atomic E-state index is 0.147. The largest absolute Gasteiger partial charge is 0.497 e. The van der Waals surface area contributed by atoms with E-state index in [1.165, 1.54) is 0 Å². The van der Waals surface area contributed by atoms with Gasteiger partial charge in [-0.3, -0.25) is 9.69 Å². The molecule has 1 aliphatic heterocycles. The quantitative estimate of drug-likeness (QED) is 0.832. The summed E-state index contributed by atoms with van der Waals surface area (Å²) in [7, 11) is 1.57. The maximum Gasteiger partial charge on any atom is 0.325 e. The van der Waals surface area contributed by atoms with Gasteiger partial charge in [0.25, 0.3) is 0 Å². The number of aliphatic hydroxyl groups is 1. The van der Waals surface area contributed by atoms with Crippen LogP contribution in [0, 0.1) is 5.92 Å². The zero-order valence-corrected chi connectivity index (χ0v) is 14.9. The van der Waals surface area contributed by atoms with Gasteiger partial charge < -0.3 is 14.9 Å². The Morgan fingerprint density at radius 3 is 2.35 bits per heavy atom. The molecule has 0 spiro atoms. The lowest BCUT2D eigenvalue weighted by atomic mass is 9.86. The molecule has 2 unspecified atom stereocenters. The van der Waals surface area contributed by atoms with Crippen molar-refractivity contribution in [1.82, 2.24) is 4.90 Å². The molecule has 1 fully saturated rings. The molecule has 1 aliphatic rings. The molecule has 3 rings (SSSR count). The van der Waals surface area contributed by atoms with Crippen LogP contribution in [0.2, 0.25) is 0 Å². The predicted octanol–water partition coefficient (Wildman–Crippen LogP) is 3.27. The van der Waals surface area contributed by atoms with Crippen molar-refractivity contribution in [1.29, 1.82) is 0 Å². The number of rotatable bonds is 6. The average Bonchev–Trinajstić information content (AvgIpc) is 2.69. The Morgan fingerprint density at radius 2 is 1.73 bits per heavy atom. The van der Waals surface area contributed by atoms with Crippen LogP contribution in [0.4, 0.5) is 0 Å². The van der Waals surface area contributed by atoms with Crippen LogP contribution in [0.1, 0.15) is 36.1 Å². The minimum atomic E-state index is -0.861. The van der Waals surface area contributed by atoms with Gasteiger partial charge in [0.15, 0.2) is 0 Å². The highest BCUT2D eigenvalue weighted by atomic mass is 16.5. The molecule has 26 heavy (non-hydrogen) atoms. The van der Waals surface area contributed by atoms with Crippen LogP contribution in [-0.2, 0) is 4.79 Å². The van der Waals surface area contributed by atoms with Gasteiger partial charge in [0.2, 0.25) is 0 Å². The fourth-order valence-corrected chi connectivity index (χ4v) is 3.74. The fourth-order valence-electron chi connectivity index (χ4n) is 3.74. The lowest BCUT2D eigenvalue weighted by molar-refractivity contribution is -0.144. The lowest BCUT2D eigenvalue weighted by Crippen LogP contribution is -2.41. The molecule has 1 heterocycles. The number of methoxy groups -OCH3 is 1. The number of ether oxygens (including phenoxy) is 1. The van der Waals surface area contributed by atoms with Gasteiger partial charge in [0.05, 0.1) is 13.2 Å². The Labute approximate surface area is 153 Å². The maximum absolute atomic E-state index is 11.9. The van der Waals surface area contributed by atoms with Crippen molar-refractivity contribution >= 4 is 5.97 Å². The van der Waals surface area contributed by atoms with Crippen molar-refractivity contribution in [2.75, 3.05) is 20.2 Å². The van der Waals surface area contributed by atoms with E-state index in [0.29, 0.717) is 18.8 Å². The van der Waals surface area contributed by atoms with Crippen molar-refractivity contribution in [3.05, 3.63) is 65.7 Å². The van der Waals surface area contributed by atoms with Gasteiger partial charge in [-0.1, -0.05) is 42.5 Å². The van der Waals surface area contributed by atoms with E-state index in [2.05, 4.69) is 0 Å². The number of likely N-dealkylation sites (tertiary alicyclic amines) is 1. The summed E-state index contributed by atoms with van der Waals surface area (Å²) in [6.07, 6.45) is 1.03. The van der Waals surface area contributed by atoms with Crippen molar-refractivity contribution in [3.8, 4) is 5.75 Å². The Hall–Kier alpha value is -2.37. The van der Waals surface area contributed by atoms with E-state index in [0.717, 1.165) is 24.0 Å². The SMILES string of the molecule is COc1cccc(C(C(=O)O)N2CCC(C(O)c3ccccc3)CC2)c1. The number of benzene rings is 2. The maximum atomic E-state index is 11.9. The zero-order valence-electron chi connectivity index (χ0n) is 14.9. The predicted molar refractivity (Wildman–Crippen MR) is 99.1 cm³/mol. The normalized spacial score (nSPS) is 18.2. The Kier molecular flexibility index (Phi) is 5.91. The van der Waals surface area contributed by atoms with Crippen LogP contribution in [0.25, 0.3) is 0 Å². The Bertz CT molecular complexity index is 726. The van der Waals surface area contributed by atoms with Gasteiger partial charge in [-0.05, 0) is 55.1 Å². The van der Waals surface area contributed by atoms with E-state index < -0.39 is 18.1 Å². The first-order valence-corrected chi connectivity index (χ1v) is 8.94. The number of carboxylic acid groups (broad SMARTS) is 1. The molecule has 2 atom stereocenters. The molecule has 0 aromatic heterocycles. The molecule has 1 saturated heterocycles. The summed E-state index contributed by atoms with van der Waals surface area (Å²) < 4.78 is 5.23. The Balaban J connectivity index is 1.69. The molecule has 0 bridgehead atoms. The zero-order chi connectivity index (χ0) is 18.5. The Morgan fingerprint density at radius 1 is 1.08 bits per heavy atom. The van der Waals surface area contributed by atoms with Crippen LogP contribution >= 0.6 is 0 Å². The molecular formula is C21H25NO4. The van der Waals surface area contributed by atoms with E-state index in [-0.39, 0.29) is 5.92 Å². The van der Waals surface area contributed by atoms with Gasteiger partial charge >= 0.3 is 5.97 Å². The molecular weight excluding hydrogens is 330 g/mol. The summed E-state index contributed by atoms with van der Waals surface area (Å²) in [4.78, 5) is 13.9. The van der Waals surface area contributed by atoms with Crippen LogP contribution in [0.5, 0.6) is 5.75 Å². The van der Waals surface area contributed by atoms with Crippen molar-refractivity contribution in [2.45, 2.75) is 25.0 Å². The molecule has 2 aromatic carbocycles. The number of carbonyl (C=O) groups is 1. The molecule has 138 valence electrons. The lowest BCUT2D eigenvalue weighted by Gasteiger charge is -2.37. The third kappa shape index (κ3) is 4.06. The summed E-state index contributed by atoms with van der Waals surface area (Å²) in [5.74, 6) is -0.0585. The van der Waals surface area contributed by atoms with E-state index in [1.807, 2.05) is 53.4 Å². The highest BCUT2D eigenvalue weighted by Crippen LogP contribution is 2.34. The molecule has 0 saturated carbocycles. The van der Waals surface area contributed by atoms with Gasteiger partial charge in [0.1, 0.15) is 11.8 Å². The first-order valence-electron chi connectivity index (χ1n) is 8.94. The third-order valence-corrected chi connectivity index (χ3v) is 5.17. The molecule has 0 radical (unpaired) electrons. The summed E-state index contributed by atoms with van der Waals surface area (Å²) in [5.41, 5.74) is 1.65. The summed E-state index contributed by atoms with van der Waals surface area (Å²) >= 11 is 0. The number of aliphatic hydroxyl groups excluding tert-OH is 1. The van der Waals surface area contributed by atoms with Gasteiger partial charge in [-0.2, -0.15) is 0 Å². The third-order valence-electron chi connectivity index (χ3n) is 5.17. The first-order chi connectivity index (χ1) is 12.6. The van der Waals surface area contributed by atoms with E-state index >= 15 is 0 Å². The summed E-state index contributed by atoms with van der Waals surface area (Å²) in [6.45, 7) is 1.28. The number of piperidine rings is 1. The standard InChI is InChI=1S/C21H25NO4/c1-26-18-9-5-8-17(14-18)19(21(24)25)22-12-10-16(11-13-22)20(23)15-6-3-2-4-7-15/h2-9,14,16,19-20,23H,10-13H2,1H3,(H,24,25). The summed E-state index contributed by atoms with van der Waals surface area (Å²) in [6, 6.07) is 16.2. The molecule has 5 heteroatoms. The minimum Gasteiger partial charge on any atom is -0.497 e. The fraction of sp³-hybridized carbons (Fsp3) is 0.381. The smallest absolute Gasteiger partial charge is 0.325 e. The van der Waals surface area contributed by atoms with E-state index in [1.54, 1.807) is 13.2 Å². The van der Waals surface area contributed by atoms with Crippen molar-refractivity contribution in [2.24, 2.45) is 5.92 Å². The van der Waals surface area contributed by atoms with E-state index in [9.17, 15) is 15.0 Å². The molecule has 2 aromatic rings. The topological polar surface area (TPSA) is 70.0 Å². The number of nitrogens with zero attached hydrogens (tertiary/aromatic N) is 1. The molecule has 0 aliphatic carbocycles. The van der Waals surface area contributed by atoms with E-state index in [4.69, 9.17) is 4.74 Å². The van der Waals surface area contributed by atoms with Crippen LogP contribution in [0.3, 0.4) is 0 Å². The molecule has 5 nitrogen and oxygen atoms in total. The number of hydrogen-bond donors (Lipinski definition) is 2. The second kappa shape index (κ2) is 8.34. The van der Waals surface area contributed by atoms with Crippen LogP contribution in [0.15, 0.2) is 54.6 Å². The number of hydrogen-bond acceptors (Lipinski definition) is 4. The second-order valence-electron chi connectivity index (χ2n) is 6.75.